The van der Waals surface area contributed by atoms with Crippen molar-refractivity contribution in [3.05, 3.63) is 59.9 Å². The van der Waals surface area contributed by atoms with Crippen molar-refractivity contribution < 1.29 is 14.0 Å². The van der Waals surface area contributed by atoms with E-state index in [1.165, 1.54) is 25.1 Å². The second-order valence-corrected chi connectivity index (χ2v) is 5.62. The maximum absolute atomic E-state index is 13.7. The standard InChI is InChI=1S/C19H21FN2O2/c1-3-7-16(14-8-5-4-6-9-14)19(24)22-15-10-11-17(20)18(12-15)21-13(2)23/h4-6,8-12,16H,3,7H2,1-2H3,(H,21,23)(H,22,24). The summed E-state index contributed by atoms with van der Waals surface area (Å²) in [5.41, 5.74) is 1.44. The molecule has 0 saturated heterocycles. The largest absolute Gasteiger partial charge is 0.325 e. The molecule has 4 nitrogen and oxygen atoms in total. The summed E-state index contributed by atoms with van der Waals surface area (Å²) in [7, 11) is 0. The van der Waals surface area contributed by atoms with Crippen LogP contribution in [-0.4, -0.2) is 11.8 Å². The molecule has 24 heavy (non-hydrogen) atoms. The average molecular weight is 328 g/mol. The van der Waals surface area contributed by atoms with E-state index in [4.69, 9.17) is 0 Å². The number of halogens is 1. The summed E-state index contributed by atoms with van der Waals surface area (Å²) in [5.74, 6) is -1.34. The van der Waals surface area contributed by atoms with Gasteiger partial charge >= 0.3 is 0 Å². The maximum atomic E-state index is 13.7. The molecule has 0 fully saturated rings. The van der Waals surface area contributed by atoms with Crippen LogP contribution in [0.1, 0.15) is 38.2 Å². The van der Waals surface area contributed by atoms with Gasteiger partial charge in [-0.05, 0) is 30.2 Å². The van der Waals surface area contributed by atoms with Gasteiger partial charge in [0.05, 0.1) is 11.6 Å². The van der Waals surface area contributed by atoms with Crippen molar-refractivity contribution >= 4 is 23.2 Å². The molecule has 2 N–H and O–H groups in total. The first-order valence-electron chi connectivity index (χ1n) is 7.94. The Bertz CT molecular complexity index is 717. The van der Waals surface area contributed by atoms with Crippen molar-refractivity contribution in [2.45, 2.75) is 32.6 Å². The summed E-state index contributed by atoms with van der Waals surface area (Å²) in [6, 6.07) is 13.7. The lowest BCUT2D eigenvalue weighted by Gasteiger charge is -2.17. The monoisotopic (exact) mass is 328 g/mol. The first-order chi connectivity index (χ1) is 11.5. The Labute approximate surface area is 141 Å². The summed E-state index contributed by atoms with van der Waals surface area (Å²) < 4.78 is 13.7. The Kier molecular flexibility index (Phi) is 6.07. The zero-order chi connectivity index (χ0) is 17.5. The molecule has 2 rings (SSSR count). The summed E-state index contributed by atoms with van der Waals surface area (Å²) in [6.45, 7) is 3.33. The van der Waals surface area contributed by atoms with Gasteiger partial charge in [-0.25, -0.2) is 4.39 Å². The smallest absolute Gasteiger partial charge is 0.231 e. The van der Waals surface area contributed by atoms with E-state index in [0.717, 1.165) is 18.4 Å². The molecule has 0 spiro atoms. The fourth-order valence-electron chi connectivity index (χ4n) is 2.54. The van der Waals surface area contributed by atoms with Crippen molar-refractivity contribution in [3.63, 3.8) is 0 Å². The second-order valence-electron chi connectivity index (χ2n) is 5.62. The minimum absolute atomic E-state index is 0.0482. The fourth-order valence-corrected chi connectivity index (χ4v) is 2.54. The topological polar surface area (TPSA) is 58.2 Å². The number of hydrogen-bond acceptors (Lipinski definition) is 2. The number of anilines is 2. The van der Waals surface area contributed by atoms with E-state index >= 15 is 0 Å². The number of carbonyl (C=O) groups is 2. The third kappa shape index (κ3) is 4.65. The number of benzene rings is 2. The van der Waals surface area contributed by atoms with Crippen LogP contribution >= 0.6 is 0 Å². The van der Waals surface area contributed by atoms with Crippen LogP contribution in [-0.2, 0) is 9.59 Å². The van der Waals surface area contributed by atoms with Crippen LogP contribution in [0.4, 0.5) is 15.8 Å². The van der Waals surface area contributed by atoms with E-state index in [1.54, 1.807) is 0 Å². The Morgan fingerprint density at radius 2 is 1.79 bits per heavy atom. The van der Waals surface area contributed by atoms with Gasteiger partial charge in [0.15, 0.2) is 0 Å². The number of amides is 2. The molecule has 0 aliphatic heterocycles. The molecule has 2 amide bonds. The molecule has 2 aromatic carbocycles. The van der Waals surface area contributed by atoms with Crippen LogP contribution < -0.4 is 10.6 Å². The first kappa shape index (κ1) is 17.7. The van der Waals surface area contributed by atoms with Crippen LogP contribution in [0.15, 0.2) is 48.5 Å². The quantitative estimate of drug-likeness (QED) is 0.830. The van der Waals surface area contributed by atoms with Crippen molar-refractivity contribution in [1.29, 1.82) is 0 Å². The molecule has 0 bridgehead atoms. The Morgan fingerprint density at radius 3 is 2.42 bits per heavy atom. The summed E-state index contributed by atoms with van der Waals surface area (Å²) >= 11 is 0. The molecule has 5 heteroatoms. The lowest BCUT2D eigenvalue weighted by atomic mass is 9.93. The van der Waals surface area contributed by atoms with E-state index in [1.807, 2.05) is 37.3 Å². The zero-order valence-electron chi connectivity index (χ0n) is 13.8. The number of rotatable bonds is 6. The van der Waals surface area contributed by atoms with Gasteiger partial charge in [-0.1, -0.05) is 43.7 Å². The third-order valence-electron chi connectivity index (χ3n) is 3.64. The minimum atomic E-state index is -0.545. The molecular formula is C19H21FN2O2. The van der Waals surface area contributed by atoms with Crippen LogP contribution in [0.5, 0.6) is 0 Å². The number of nitrogens with one attached hydrogen (secondary N) is 2. The van der Waals surface area contributed by atoms with Crippen molar-refractivity contribution in [1.82, 2.24) is 0 Å². The second kappa shape index (κ2) is 8.24. The number of carbonyl (C=O) groups excluding carboxylic acids is 2. The van der Waals surface area contributed by atoms with Crippen LogP contribution in [0, 0.1) is 5.82 Å². The van der Waals surface area contributed by atoms with Crippen molar-refractivity contribution in [3.8, 4) is 0 Å². The predicted molar refractivity (Wildman–Crippen MR) is 93.4 cm³/mol. The van der Waals surface area contributed by atoms with Crippen LogP contribution in [0.25, 0.3) is 0 Å². The fraction of sp³-hybridized carbons (Fsp3) is 0.263. The molecule has 0 heterocycles. The van der Waals surface area contributed by atoms with E-state index in [2.05, 4.69) is 10.6 Å². The Morgan fingerprint density at radius 1 is 1.08 bits per heavy atom. The third-order valence-corrected chi connectivity index (χ3v) is 3.64. The highest BCUT2D eigenvalue weighted by atomic mass is 19.1. The molecule has 0 radical (unpaired) electrons. The molecule has 2 aromatic rings. The minimum Gasteiger partial charge on any atom is -0.325 e. The molecule has 0 aromatic heterocycles. The lowest BCUT2D eigenvalue weighted by Crippen LogP contribution is -2.21. The molecular weight excluding hydrogens is 307 g/mol. The molecule has 0 aliphatic carbocycles. The van der Waals surface area contributed by atoms with E-state index in [-0.39, 0.29) is 23.4 Å². The molecule has 126 valence electrons. The Balaban J connectivity index is 2.19. The average Bonchev–Trinajstić information content (AvgIpc) is 2.56. The van der Waals surface area contributed by atoms with E-state index in [0.29, 0.717) is 5.69 Å². The normalized spacial score (nSPS) is 11.6. The molecule has 1 atom stereocenters. The molecule has 0 saturated carbocycles. The van der Waals surface area contributed by atoms with Gasteiger partial charge < -0.3 is 10.6 Å². The highest BCUT2D eigenvalue weighted by Gasteiger charge is 2.20. The van der Waals surface area contributed by atoms with Crippen molar-refractivity contribution in [2.24, 2.45) is 0 Å². The maximum Gasteiger partial charge on any atom is 0.231 e. The highest BCUT2D eigenvalue weighted by molar-refractivity contribution is 5.97. The summed E-state index contributed by atoms with van der Waals surface area (Å²) in [5, 5.41) is 5.22. The van der Waals surface area contributed by atoms with Crippen LogP contribution in [0.2, 0.25) is 0 Å². The SMILES string of the molecule is CCCC(C(=O)Nc1ccc(F)c(NC(C)=O)c1)c1ccccc1. The highest BCUT2D eigenvalue weighted by Crippen LogP contribution is 2.25. The summed E-state index contributed by atoms with van der Waals surface area (Å²) in [4.78, 5) is 23.7. The first-order valence-corrected chi connectivity index (χ1v) is 7.94. The van der Waals surface area contributed by atoms with Gasteiger partial charge in [0.25, 0.3) is 0 Å². The van der Waals surface area contributed by atoms with Crippen LogP contribution in [0.3, 0.4) is 0 Å². The van der Waals surface area contributed by atoms with Crippen molar-refractivity contribution in [2.75, 3.05) is 10.6 Å². The van der Waals surface area contributed by atoms with E-state index < -0.39 is 5.82 Å². The lowest BCUT2D eigenvalue weighted by molar-refractivity contribution is -0.117. The van der Waals surface area contributed by atoms with Gasteiger partial charge in [-0.3, -0.25) is 9.59 Å². The molecule has 1 unspecified atom stereocenters. The molecule has 0 aliphatic rings. The van der Waals surface area contributed by atoms with E-state index in [9.17, 15) is 14.0 Å². The number of hydrogen-bond donors (Lipinski definition) is 2. The van der Waals surface area contributed by atoms with Gasteiger partial charge in [0.1, 0.15) is 5.82 Å². The summed E-state index contributed by atoms with van der Waals surface area (Å²) in [6.07, 6.45) is 1.59. The van der Waals surface area contributed by atoms with Gasteiger partial charge in [0.2, 0.25) is 11.8 Å². The van der Waals surface area contributed by atoms with Gasteiger partial charge in [-0.2, -0.15) is 0 Å². The predicted octanol–water partition coefficient (Wildman–Crippen LogP) is 4.31. The van der Waals surface area contributed by atoms with Gasteiger partial charge in [0, 0.05) is 12.6 Å². The zero-order valence-corrected chi connectivity index (χ0v) is 13.8. The van der Waals surface area contributed by atoms with Gasteiger partial charge in [-0.15, -0.1) is 0 Å². The Hall–Kier alpha value is -2.69.